The summed E-state index contributed by atoms with van der Waals surface area (Å²) in [6.45, 7) is 1.57. The largest absolute Gasteiger partial charge is 0.481 e. The van der Waals surface area contributed by atoms with E-state index >= 15 is 0 Å². The van der Waals surface area contributed by atoms with E-state index < -0.39 is 17.3 Å². The van der Waals surface area contributed by atoms with Crippen molar-refractivity contribution < 1.29 is 27.4 Å². The number of halogens is 3. The summed E-state index contributed by atoms with van der Waals surface area (Å²) in [5.41, 5.74) is 4.42. The summed E-state index contributed by atoms with van der Waals surface area (Å²) in [4.78, 5) is 0. The van der Waals surface area contributed by atoms with Crippen LogP contribution < -0.4 is 10.5 Å². The standard InChI is InChI=1S/C19H20F3NO3/c1-18(23,13-24)10-9-16-8-7-15(26-16)6-3-11-25-17-5-2-4-14(12-17)19(20,21)22/h2,4-5,7-8,12,24H,9-11,13,23H2,1H3. The Morgan fingerprint density at radius 3 is 2.69 bits per heavy atom. The summed E-state index contributed by atoms with van der Waals surface area (Å²) < 4.78 is 48.6. The second-order valence-electron chi connectivity index (χ2n) is 6.19. The van der Waals surface area contributed by atoms with Crippen molar-refractivity contribution in [2.75, 3.05) is 13.2 Å². The van der Waals surface area contributed by atoms with Gasteiger partial charge in [-0.15, -0.1) is 0 Å². The lowest BCUT2D eigenvalue weighted by molar-refractivity contribution is -0.137. The van der Waals surface area contributed by atoms with Crippen LogP contribution in [0.2, 0.25) is 0 Å². The molecule has 1 unspecified atom stereocenters. The minimum atomic E-state index is -4.41. The maximum atomic E-state index is 12.6. The predicted molar refractivity (Wildman–Crippen MR) is 90.5 cm³/mol. The molecule has 140 valence electrons. The molecule has 0 aliphatic heterocycles. The first-order valence-corrected chi connectivity index (χ1v) is 7.97. The zero-order valence-corrected chi connectivity index (χ0v) is 14.3. The van der Waals surface area contributed by atoms with E-state index in [0.717, 1.165) is 12.1 Å². The molecule has 0 saturated carbocycles. The summed E-state index contributed by atoms with van der Waals surface area (Å²) in [5, 5.41) is 9.12. The maximum Gasteiger partial charge on any atom is 0.416 e. The number of aryl methyl sites for hydroxylation is 1. The van der Waals surface area contributed by atoms with E-state index in [1.54, 1.807) is 19.1 Å². The van der Waals surface area contributed by atoms with E-state index in [4.69, 9.17) is 20.0 Å². The average molecular weight is 367 g/mol. The van der Waals surface area contributed by atoms with Crippen LogP contribution in [0.15, 0.2) is 40.8 Å². The number of benzene rings is 1. The predicted octanol–water partition coefficient (Wildman–Crippen LogP) is 3.37. The van der Waals surface area contributed by atoms with E-state index in [2.05, 4.69) is 11.8 Å². The van der Waals surface area contributed by atoms with E-state index in [1.807, 2.05) is 0 Å². The number of ether oxygens (including phenoxy) is 1. The number of rotatable bonds is 6. The van der Waals surface area contributed by atoms with Crippen molar-refractivity contribution in [3.63, 3.8) is 0 Å². The van der Waals surface area contributed by atoms with E-state index in [-0.39, 0.29) is 19.0 Å². The number of aliphatic hydroxyl groups excluding tert-OH is 1. The number of nitrogens with two attached hydrogens (primary N) is 1. The molecule has 0 spiro atoms. The molecule has 0 saturated heterocycles. The minimum Gasteiger partial charge on any atom is -0.481 e. The zero-order valence-electron chi connectivity index (χ0n) is 14.3. The van der Waals surface area contributed by atoms with Crippen LogP contribution in [0.1, 0.15) is 30.4 Å². The number of aliphatic hydroxyl groups is 1. The van der Waals surface area contributed by atoms with Gasteiger partial charge in [0.2, 0.25) is 0 Å². The Morgan fingerprint density at radius 2 is 2.00 bits per heavy atom. The van der Waals surface area contributed by atoms with Crippen LogP contribution in [-0.2, 0) is 12.6 Å². The van der Waals surface area contributed by atoms with Crippen molar-refractivity contribution in [1.29, 1.82) is 0 Å². The monoisotopic (exact) mass is 367 g/mol. The Balaban J connectivity index is 1.87. The molecule has 3 N–H and O–H groups in total. The van der Waals surface area contributed by atoms with E-state index in [0.29, 0.717) is 24.4 Å². The first-order chi connectivity index (χ1) is 12.2. The average Bonchev–Trinajstić information content (AvgIpc) is 3.05. The van der Waals surface area contributed by atoms with Crippen LogP contribution in [0.4, 0.5) is 13.2 Å². The first kappa shape index (κ1) is 19.9. The van der Waals surface area contributed by atoms with Crippen molar-refractivity contribution in [3.8, 4) is 17.6 Å². The van der Waals surface area contributed by atoms with Crippen LogP contribution in [-0.4, -0.2) is 23.9 Å². The molecular formula is C19H20F3NO3. The SMILES string of the molecule is CC(N)(CO)CCc1ccc(C#CCOc2cccc(C(F)(F)F)c2)o1. The Kier molecular flexibility index (Phi) is 6.35. The molecule has 4 nitrogen and oxygen atoms in total. The van der Waals surface area contributed by atoms with Gasteiger partial charge in [0.05, 0.1) is 12.2 Å². The van der Waals surface area contributed by atoms with Gasteiger partial charge < -0.3 is 20.0 Å². The molecule has 2 rings (SSSR count). The summed E-state index contributed by atoms with van der Waals surface area (Å²) in [6.07, 6.45) is -3.29. The summed E-state index contributed by atoms with van der Waals surface area (Å²) in [7, 11) is 0. The molecule has 0 aliphatic rings. The molecule has 1 aromatic heterocycles. The van der Waals surface area contributed by atoms with Gasteiger partial charge in [0.25, 0.3) is 0 Å². The second-order valence-corrected chi connectivity index (χ2v) is 6.19. The summed E-state index contributed by atoms with van der Waals surface area (Å²) in [5.74, 6) is 6.66. The highest BCUT2D eigenvalue weighted by Gasteiger charge is 2.30. The van der Waals surface area contributed by atoms with Gasteiger partial charge in [0.1, 0.15) is 18.1 Å². The van der Waals surface area contributed by atoms with Crippen molar-refractivity contribution in [1.82, 2.24) is 0 Å². The smallest absolute Gasteiger partial charge is 0.416 e. The lowest BCUT2D eigenvalue weighted by Gasteiger charge is -2.20. The molecule has 0 bridgehead atoms. The topological polar surface area (TPSA) is 68.6 Å². The number of furan rings is 1. The number of hydrogen-bond acceptors (Lipinski definition) is 4. The Morgan fingerprint density at radius 1 is 1.23 bits per heavy atom. The van der Waals surface area contributed by atoms with Gasteiger partial charge in [-0.3, -0.25) is 0 Å². The Bertz CT molecular complexity index is 785. The molecule has 1 aromatic carbocycles. The highest BCUT2D eigenvalue weighted by molar-refractivity contribution is 5.31. The fourth-order valence-corrected chi connectivity index (χ4v) is 2.07. The van der Waals surface area contributed by atoms with E-state index in [9.17, 15) is 13.2 Å². The third-order valence-electron chi connectivity index (χ3n) is 3.65. The molecule has 7 heteroatoms. The molecular weight excluding hydrogens is 347 g/mol. The molecule has 0 amide bonds. The fourth-order valence-electron chi connectivity index (χ4n) is 2.07. The van der Waals surface area contributed by atoms with Crippen molar-refractivity contribution in [3.05, 3.63) is 53.5 Å². The molecule has 0 fully saturated rings. The van der Waals surface area contributed by atoms with Crippen LogP contribution in [0.5, 0.6) is 5.75 Å². The van der Waals surface area contributed by atoms with Crippen molar-refractivity contribution in [2.24, 2.45) is 5.73 Å². The molecule has 0 radical (unpaired) electrons. The maximum absolute atomic E-state index is 12.6. The lowest BCUT2D eigenvalue weighted by atomic mass is 9.98. The van der Waals surface area contributed by atoms with Gasteiger partial charge in [-0.2, -0.15) is 13.2 Å². The van der Waals surface area contributed by atoms with Crippen LogP contribution in [0.3, 0.4) is 0 Å². The highest BCUT2D eigenvalue weighted by atomic mass is 19.4. The third kappa shape index (κ3) is 6.14. The fraction of sp³-hybridized carbons (Fsp3) is 0.368. The quantitative estimate of drug-likeness (QED) is 0.768. The van der Waals surface area contributed by atoms with Gasteiger partial charge in [-0.05, 0) is 49.6 Å². The van der Waals surface area contributed by atoms with Crippen LogP contribution in [0, 0.1) is 11.8 Å². The van der Waals surface area contributed by atoms with Gasteiger partial charge in [0.15, 0.2) is 5.76 Å². The first-order valence-electron chi connectivity index (χ1n) is 7.97. The summed E-state index contributed by atoms with van der Waals surface area (Å²) >= 11 is 0. The molecule has 2 aromatic rings. The van der Waals surface area contributed by atoms with Crippen LogP contribution >= 0.6 is 0 Å². The normalized spacial score (nSPS) is 13.6. The van der Waals surface area contributed by atoms with E-state index in [1.165, 1.54) is 12.1 Å². The Labute approximate surface area is 149 Å². The van der Waals surface area contributed by atoms with Gasteiger partial charge in [0, 0.05) is 12.0 Å². The summed E-state index contributed by atoms with van der Waals surface area (Å²) in [6, 6.07) is 8.09. The lowest BCUT2D eigenvalue weighted by Crippen LogP contribution is -2.40. The van der Waals surface area contributed by atoms with Crippen molar-refractivity contribution >= 4 is 0 Å². The molecule has 0 aliphatic carbocycles. The minimum absolute atomic E-state index is 0.0667. The molecule has 1 atom stereocenters. The molecule has 26 heavy (non-hydrogen) atoms. The van der Waals surface area contributed by atoms with Gasteiger partial charge >= 0.3 is 6.18 Å². The zero-order chi connectivity index (χ0) is 19.2. The van der Waals surface area contributed by atoms with Gasteiger partial charge in [-0.25, -0.2) is 0 Å². The molecule has 1 heterocycles. The Hall–Kier alpha value is -2.43. The number of alkyl halides is 3. The van der Waals surface area contributed by atoms with Gasteiger partial charge in [-0.1, -0.05) is 12.0 Å². The third-order valence-corrected chi connectivity index (χ3v) is 3.65. The van der Waals surface area contributed by atoms with Crippen molar-refractivity contribution in [2.45, 2.75) is 31.5 Å². The van der Waals surface area contributed by atoms with Crippen LogP contribution in [0.25, 0.3) is 0 Å². The number of hydrogen-bond donors (Lipinski definition) is 2. The highest BCUT2D eigenvalue weighted by Crippen LogP contribution is 2.31. The second kappa shape index (κ2) is 8.30.